The number of aromatic nitrogens is 2. The Hall–Kier alpha value is -4.12. The first-order chi connectivity index (χ1) is 18.8. The second-order valence-electron chi connectivity index (χ2n) is 9.65. The Bertz CT molecular complexity index is 1870. The van der Waals surface area contributed by atoms with Crippen LogP contribution in [0.1, 0.15) is 31.9 Å². The average molecular weight is 706 g/mol. The summed E-state index contributed by atoms with van der Waals surface area (Å²) >= 11 is 0. The van der Waals surface area contributed by atoms with E-state index in [2.05, 4.69) is 72.6 Å². The molecule has 0 saturated carbocycles. The quantitative estimate of drug-likeness (QED) is 0.113. The molecule has 40 heavy (non-hydrogen) atoms. The van der Waals surface area contributed by atoms with Crippen LogP contribution >= 0.6 is 0 Å². The first kappa shape index (κ1) is 28.9. The molecule has 1 N–H and O–H groups in total. The number of aryl methyl sites for hydroxylation is 2. The molecule has 6 aromatic rings. The maximum Gasteiger partial charge on any atom is 0.155 e. The smallest absolute Gasteiger partial charge is 0.155 e. The summed E-state index contributed by atoms with van der Waals surface area (Å²) in [6, 6.07) is 25.1. The zero-order chi connectivity index (χ0) is 27.5. The van der Waals surface area contributed by atoms with Gasteiger partial charge in [0.2, 0.25) is 0 Å². The van der Waals surface area contributed by atoms with Gasteiger partial charge in [0.15, 0.2) is 5.78 Å². The van der Waals surface area contributed by atoms with E-state index in [9.17, 15) is 4.79 Å². The van der Waals surface area contributed by atoms with Gasteiger partial charge in [-0.05, 0) is 72.4 Å². The number of pyridine rings is 2. The maximum atomic E-state index is 10.0. The van der Waals surface area contributed by atoms with E-state index in [1.807, 2.05) is 25.4 Å². The molecule has 0 aliphatic heterocycles. The number of fused-ring (bicyclic) bond motifs is 4. The Morgan fingerprint density at radius 3 is 2.45 bits per heavy atom. The first-order valence-electron chi connectivity index (χ1n) is 12.9. The molecule has 6 rings (SSSR count). The Morgan fingerprint density at radius 1 is 0.975 bits per heavy atom. The largest absolute Gasteiger partial charge is 0.512 e. The number of allylic oxidation sites excluding steroid dienone is 2. The van der Waals surface area contributed by atoms with Gasteiger partial charge in [0.1, 0.15) is 0 Å². The summed E-state index contributed by atoms with van der Waals surface area (Å²) in [6.45, 7) is 7.08. The van der Waals surface area contributed by atoms with Crippen LogP contribution in [0.25, 0.3) is 55.0 Å². The fraction of sp³-hybridized carbons (Fsp3) is 0.147. The molecular weight excluding hydrogens is 677 g/mol. The van der Waals surface area contributed by atoms with Crippen LogP contribution < -0.4 is 0 Å². The van der Waals surface area contributed by atoms with E-state index in [4.69, 9.17) is 14.5 Å². The summed E-state index contributed by atoms with van der Waals surface area (Å²) in [6.07, 6.45) is 7.65. The molecular formula is C34H29IrN2O3-. The van der Waals surface area contributed by atoms with Gasteiger partial charge in [-0.1, -0.05) is 71.8 Å². The van der Waals surface area contributed by atoms with Crippen LogP contribution in [0.5, 0.6) is 0 Å². The number of nitrogens with zero attached hydrogens (tertiary/aromatic N) is 2. The number of aliphatic hydroxyl groups excluding tert-OH is 1. The Labute approximate surface area is 246 Å². The van der Waals surface area contributed by atoms with Gasteiger partial charge in [0.25, 0.3) is 0 Å². The number of ketones is 1. The summed E-state index contributed by atoms with van der Waals surface area (Å²) in [7, 11) is 0. The van der Waals surface area contributed by atoms with Gasteiger partial charge in [-0.25, -0.2) is 0 Å². The molecule has 203 valence electrons. The van der Waals surface area contributed by atoms with Crippen LogP contribution in [0, 0.1) is 13.0 Å². The number of carbonyl (C=O) groups excluding carboxylic acids is 1. The van der Waals surface area contributed by atoms with E-state index in [1.54, 1.807) is 6.26 Å². The number of benzene rings is 3. The third kappa shape index (κ3) is 6.20. The van der Waals surface area contributed by atoms with Crippen LogP contribution in [-0.4, -0.2) is 20.9 Å². The van der Waals surface area contributed by atoms with Crippen molar-refractivity contribution in [1.29, 1.82) is 0 Å². The van der Waals surface area contributed by atoms with Gasteiger partial charge in [-0.3, -0.25) is 14.8 Å². The summed E-state index contributed by atoms with van der Waals surface area (Å²) in [5, 5.41) is 12.8. The van der Waals surface area contributed by atoms with Crippen molar-refractivity contribution < 1.29 is 34.4 Å². The Morgan fingerprint density at radius 2 is 1.73 bits per heavy atom. The second-order valence-corrected chi connectivity index (χ2v) is 9.65. The van der Waals surface area contributed by atoms with Crippen molar-refractivity contribution in [1.82, 2.24) is 9.97 Å². The number of aliphatic hydroxyl groups is 1. The van der Waals surface area contributed by atoms with Gasteiger partial charge in [0.05, 0.1) is 11.3 Å². The number of rotatable bonds is 4. The summed E-state index contributed by atoms with van der Waals surface area (Å²) < 4.78 is 5.70. The molecule has 1 radical (unpaired) electrons. The normalized spacial score (nSPS) is 11.2. The second kappa shape index (κ2) is 12.4. The molecule has 0 saturated heterocycles. The summed E-state index contributed by atoms with van der Waals surface area (Å²) in [4.78, 5) is 19.4. The predicted molar refractivity (Wildman–Crippen MR) is 158 cm³/mol. The zero-order valence-electron chi connectivity index (χ0n) is 22.8. The van der Waals surface area contributed by atoms with Crippen molar-refractivity contribution in [3.05, 3.63) is 108 Å². The van der Waals surface area contributed by atoms with Crippen molar-refractivity contribution in [2.75, 3.05) is 0 Å². The van der Waals surface area contributed by atoms with Crippen molar-refractivity contribution in [2.24, 2.45) is 0 Å². The Kier molecular flexibility index (Phi) is 8.93. The standard InChI is InChI=1S/C29H21N2O.C5H8O2.Ir/c1-3-19-4-5-21-14-22(7-6-20(21)13-19)23-8-10-30-27(16-23)25-15-24-9-11-32-29(24)28-26(25)12-18(2)17-31-28;1-4(6)3-5(2)7;/h4-14,16-17H,3H2,1-2H3;3,6H,1-2H3;/q-1;;/b;4-3-;. The third-order valence-electron chi connectivity index (χ3n) is 6.51. The van der Waals surface area contributed by atoms with Crippen molar-refractivity contribution in [3.63, 3.8) is 0 Å². The minimum Gasteiger partial charge on any atom is -0.512 e. The molecule has 0 unspecified atom stereocenters. The van der Waals surface area contributed by atoms with E-state index in [-0.39, 0.29) is 31.6 Å². The average Bonchev–Trinajstić information content (AvgIpc) is 3.40. The van der Waals surface area contributed by atoms with E-state index in [0.29, 0.717) is 0 Å². The van der Waals surface area contributed by atoms with Crippen molar-refractivity contribution in [2.45, 2.75) is 34.1 Å². The topological polar surface area (TPSA) is 76.2 Å². The molecule has 3 aromatic carbocycles. The van der Waals surface area contributed by atoms with E-state index < -0.39 is 0 Å². The molecule has 0 aliphatic carbocycles. The van der Waals surface area contributed by atoms with Gasteiger partial charge in [-0.2, -0.15) is 0 Å². The molecule has 0 atom stereocenters. The van der Waals surface area contributed by atoms with E-state index in [0.717, 1.165) is 50.7 Å². The molecule has 0 bridgehead atoms. The maximum absolute atomic E-state index is 10.0. The Balaban J connectivity index is 0.000000413. The van der Waals surface area contributed by atoms with E-state index in [1.165, 1.54) is 41.8 Å². The first-order valence-corrected chi connectivity index (χ1v) is 12.9. The SMILES string of the molecule is CC(=O)/C=C(/C)O.CCc1ccc2cc(-c3ccnc(-c4[c-]c5ccoc5c5ncc(C)cc45)c3)ccc2c1.[Ir]. The van der Waals surface area contributed by atoms with Crippen LogP contribution in [0.15, 0.2) is 95.6 Å². The van der Waals surface area contributed by atoms with Crippen LogP contribution in [0.2, 0.25) is 0 Å². The minimum absolute atomic E-state index is 0. The fourth-order valence-corrected chi connectivity index (χ4v) is 4.67. The molecule has 0 fully saturated rings. The van der Waals surface area contributed by atoms with Crippen molar-refractivity contribution in [3.8, 4) is 22.4 Å². The summed E-state index contributed by atoms with van der Waals surface area (Å²) in [5.74, 6) is -0.0625. The number of hydrogen-bond acceptors (Lipinski definition) is 5. The third-order valence-corrected chi connectivity index (χ3v) is 6.51. The van der Waals surface area contributed by atoms with Gasteiger partial charge >= 0.3 is 0 Å². The fourth-order valence-electron chi connectivity index (χ4n) is 4.67. The predicted octanol–water partition coefficient (Wildman–Crippen LogP) is 8.57. The number of hydrogen-bond donors (Lipinski definition) is 1. The molecule has 5 nitrogen and oxygen atoms in total. The molecule has 3 aromatic heterocycles. The van der Waals surface area contributed by atoms with Crippen LogP contribution in [0.4, 0.5) is 0 Å². The monoisotopic (exact) mass is 706 g/mol. The van der Waals surface area contributed by atoms with Gasteiger partial charge < -0.3 is 9.52 Å². The van der Waals surface area contributed by atoms with Crippen molar-refractivity contribution >= 4 is 38.4 Å². The molecule has 6 heteroatoms. The van der Waals surface area contributed by atoms with Gasteiger partial charge in [0, 0.05) is 56.0 Å². The molecule has 0 aliphatic rings. The number of carbonyl (C=O) groups is 1. The minimum atomic E-state index is -0.125. The molecule has 0 spiro atoms. The number of furan rings is 1. The summed E-state index contributed by atoms with van der Waals surface area (Å²) in [5.41, 5.74) is 8.19. The van der Waals surface area contributed by atoms with E-state index >= 15 is 0 Å². The molecule has 3 heterocycles. The zero-order valence-corrected chi connectivity index (χ0v) is 25.2. The van der Waals surface area contributed by atoms with Crippen LogP contribution in [-0.2, 0) is 31.3 Å². The van der Waals surface area contributed by atoms with Gasteiger partial charge in [-0.15, -0.1) is 6.07 Å². The van der Waals surface area contributed by atoms with Crippen LogP contribution in [0.3, 0.4) is 0 Å². The molecule has 0 amide bonds.